The second-order valence-electron chi connectivity index (χ2n) is 5.16. The average Bonchev–Trinajstić information content (AvgIpc) is 2.25. The lowest BCUT2D eigenvalue weighted by Gasteiger charge is -2.30. The van der Waals surface area contributed by atoms with Gasteiger partial charge >= 0.3 is 0 Å². The zero-order valence-electron chi connectivity index (χ0n) is 10.6. The van der Waals surface area contributed by atoms with Gasteiger partial charge in [-0.05, 0) is 17.5 Å². The highest BCUT2D eigenvalue weighted by molar-refractivity contribution is 9.10. The maximum atomic E-state index is 11.0. The summed E-state index contributed by atoms with van der Waals surface area (Å²) in [6, 6.07) is 4.56. The van der Waals surface area contributed by atoms with Crippen LogP contribution in [0.5, 0.6) is 0 Å². The lowest BCUT2D eigenvalue weighted by atomic mass is 9.87. The van der Waals surface area contributed by atoms with Crippen molar-refractivity contribution in [3.8, 4) is 0 Å². The molecule has 0 fully saturated rings. The molecule has 0 unspecified atom stereocenters. The van der Waals surface area contributed by atoms with Crippen LogP contribution in [-0.4, -0.2) is 22.7 Å². The number of nitrogens with one attached hydrogen (secondary N) is 1. The minimum atomic E-state index is -0.440. The molecular formula is C12H17BrN2O3. The number of benzene rings is 1. The van der Waals surface area contributed by atoms with Crippen LogP contribution in [0.1, 0.15) is 20.8 Å². The standard InChI is InChI=1S/C12H17BrN2O3/c1-12(2,3)11(7-16)14-9-5-4-8(13)6-10(9)15(17)18/h4-6,11,14,16H,7H2,1-3H3/t11-/m1/s1. The summed E-state index contributed by atoms with van der Waals surface area (Å²) in [5.74, 6) is 0. The Morgan fingerprint density at radius 1 is 1.50 bits per heavy atom. The van der Waals surface area contributed by atoms with Crippen LogP contribution in [0.2, 0.25) is 0 Å². The van der Waals surface area contributed by atoms with Crippen LogP contribution < -0.4 is 5.32 Å². The van der Waals surface area contributed by atoms with Gasteiger partial charge in [0.2, 0.25) is 0 Å². The molecule has 6 heteroatoms. The Morgan fingerprint density at radius 3 is 2.56 bits per heavy atom. The van der Waals surface area contributed by atoms with Gasteiger partial charge in [0.1, 0.15) is 5.69 Å². The van der Waals surface area contributed by atoms with E-state index in [1.54, 1.807) is 12.1 Å². The predicted octanol–water partition coefficient (Wildman–Crippen LogP) is 3.18. The van der Waals surface area contributed by atoms with E-state index in [-0.39, 0.29) is 23.8 Å². The topological polar surface area (TPSA) is 75.4 Å². The molecule has 1 aromatic rings. The van der Waals surface area contributed by atoms with Crippen LogP contribution >= 0.6 is 15.9 Å². The highest BCUT2D eigenvalue weighted by Gasteiger charge is 2.26. The van der Waals surface area contributed by atoms with E-state index in [9.17, 15) is 15.2 Å². The van der Waals surface area contributed by atoms with Crippen molar-refractivity contribution in [1.82, 2.24) is 0 Å². The van der Waals surface area contributed by atoms with Gasteiger partial charge in [0.25, 0.3) is 5.69 Å². The number of aliphatic hydroxyl groups excluding tert-OH is 1. The number of hydrogen-bond acceptors (Lipinski definition) is 4. The number of anilines is 1. The molecule has 100 valence electrons. The average molecular weight is 317 g/mol. The highest BCUT2D eigenvalue weighted by Crippen LogP contribution is 2.31. The summed E-state index contributed by atoms with van der Waals surface area (Å²) in [4.78, 5) is 10.5. The molecule has 0 bridgehead atoms. The van der Waals surface area contributed by atoms with Gasteiger partial charge in [-0.3, -0.25) is 10.1 Å². The monoisotopic (exact) mass is 316 g/mol. The molecule has 0 aliphatic heterocycles. The van der Waals surface area contributed by atoms with Crippen molar-refractivity contribution in [2.45, 2.75) is 26.8 Å². The van der Waals surface area contributed by atoms with Crippen molar-refractivity contribution >= 4 is 27.3 Å². The molecule has 0 saturated carbocycles. The zero-order chi connectivity index (χ0) is 13.9. The Balaban J connectivity index is 3.07. The minimum absolute atomic E-state index is 0.00734. The molecule has 0 heterocycles. The van der Waals surface area contributed by atoms with Crippen LogP contribution in [-0.2, 0) is 0 Å². The summed E-state index contributed by atoms with van der Waals surface area (Å²) in [5, 5.41) is 23.4. The Morgan fingerprint density at radius 2 is 2.11 bits per heavy atom. The van der Waals surface area contributed by atoms with Crippen LogP contribution in [0.25, 0.3) is 0 Å². The number of nitro groups is 1. The van der Waals surface area contributed by atoms with Crippen molar-refractivity contribution in [2.75, 3.05) is 11.9 Å². The van der Waals surface area contributed by atoms with Crippen molar-refractivity contribution in [3.63, 3.8) is 0 Å². The van der Waals surface area contributed by atoms with Gasteiger partial charge in [0, 0.05) is 10.5 Å². The lowest BCUT2D eigenvalue weighted by molar-refractivity contribution is -0.384. The Kier molecular flexibility index (Phi) is 4.70. The maximum Gasteiger partial charge on any atom is 0.293 e. The summed E-state index contributed by atoms with van der Waals surface area (Å²) in [5.41, 5.74) is 0.208. The van der Waals surface area contributed by atoms with Gasteiger partial charge in [-0.25, -0.2) is 0 Å². The van der Waals surface area contributed by atoms with E-state index in [2.05, 4.69) is 21.2 Å². The second-order valence-corrected chi connectivity index (χ2v) is 6.08. The van der Waals surface area contributed by atoms with Gasteiger partial charge in [0.05, 0.1) is 17.6 Å². The summed E-state index contributed by atoms with van der Waals surface area (Å²) < 4.78 is 0.649. The summed E-state index contributed by atoms with van der Waals surface area (Å²) >= 11 is 3.21. The first-order valence-electron chi connectivity index (χ1n) is 5.57. The van der Waals surface area contributed by atoms with E-state index >= 15 is 0 Å². The molecule has 0 saturated heterocycles. The molecule has 0 amide bonds. The number of nitro benzene ring substituents is 1. The van der Waals surface area contributed by atoms with Crippen LogP contribution in [0.4, 0.5) is 11.4 Å². The van der Waals surface area contributed by atoms with E-state index in [0.717, 1.165) is 0 Å². The van der Waals surface area contributed by atoms with Crippen LogP contribution in [0, 0.1) is 15.5 Å². The van der Waals surface area contributed by atoms with Crippen molar-refractivity contribution in [3.05, 3.63) is 32.8 Å². The number of hydrogen-bond donors (Lipinski definition) is 2. The molecule has 18 heavy (non-hydrogen) atoms. The first-order chi connectivity index (χ1) is 8.25. The highest BCUT2D eigenvalue weighted by atomic mass is 79.9. The number of halogens is 1. The second kappa shape index (κ2) is 5.67. The fourth-order valence-corrected chi connectivity index (χ4v) is 1.85. The molecule has 1 atom stereocenters. The molecule has 0 aliphatic rings. The molecule has 5 nitrogen and oxygen atoms in total. The molecule has 0 aliphatic carbocycles. The fourth-order valence-electron chi connectivity index (χ4n) is 1.50. The third-order valence-corrected chi connectivity index (χ3v) is 3.21. The zero-order valence-corrected chi connectivity index (χ0v) is 12.2. The Hall–Kier alpha value is -1.14. The van der Waals surface area contributed by atoms with E-state index in [0.29, 0.717) is 10.2 Å². The van der Waals surface area contributed by atoms with Gasteiger partial charge in [-0.1, -0.05) is 36.7 Å². The van der Waals surface area contributed by atoms with E-state index in [1.807, 2.05) is 20.8 Å². The summed E-state index contributed by atoms with van der Waals surface area (Å²) in [7, 11) is 0. The first-order valence-corrected chi connectivity index (χ1v) is 6.36. The summed E-state index contributed by atoms with van der Waals surface area (Å²) in [6.45, 7) is 5.81. The first kappa shape index (κ1) is 14.9. The van der Waals surface area contributed by atoms with Crippen LogP contribution in [0.3, 0.4) is 0 Å². The Labute approximate surface area is 114 Å². The molecule has 1 rings (SSSR count). The SMILES string of the molecule is CC(C)(C)[C@@H](CO)Nc1ccc(Br)cc1[N+](=O)[O-]. The molecule has 0 aromatic heterocycles. The fraction of sp³-hybridized carbons (Fsp3) is 0.500. The van der Waals surface area contributed by atoms with Gasteiger partial charge in [-0.2, -0.15) is 0 Å². The molecule has 0 spiro atoms. The quantitative estimate of drug-likeness (QED) is 0.660. The smallest absolute Gasteiger partial charge is 0.293 e. The minimum Gasteiger partial charge on any atom is -0.394 e. The maximum absolute atomic E-state index is 11.0. The van der Waals surface area contributed by atoms with Gasteiger partial charge in [0.15, 0.2) is 0 Å². The van der Waals surface area contributed by atoms with E-state index in [4.69, 9.17) is 0 Å². The van der Waals surface area contributed by atoms with Gasteiger partial charge < -0.3 is 10.4 Å². The normalized spacial score (nSPS) is 13.2. The van der Waals surface area contributed by atoms with Gasteiger partial charge in [-0.15, -0.1) is 0 Å². The third-order valence-electron chi connectivity index (χ3n) is 2.71. The molecule has 2 N–H and O–H groups in total. The van der Waals surface area contributed by atoms with Crippen molar-refractivity contribution in [1.29, 1.82) is 0 Å². The predicted molar refractivity (Wildman–Crippen MR) is 74.7 cm³/mol. The molecular weight excluding hydrogens is 300 g/mol. The van der Waals surface area contributed by atoms with Crippen molar-refractivity contribution in [2.24, 2.45) is 5.41 Å². The third kappa shape index (κ3) is 3.68. The van der Waals surface area contributed by atoms with Crippen LogP contribution in [0.15, 0.2) is 22.7 Å². The largest absolute Gasteiger partial charge is 0.394 e. The van der Waals surface area contributed by atoms with E-state index in [1.165, 1.54) is 6.07 Å². The number of nitrogens with zero attached hydrogens (tertiary/aromatic N) is 1. The Bertz CT molecular complexity index is 443. The lowest BCUT2D eigenvalue weighted by Crippen LogP contribution is -2.37. The molecule has 1 aromatic carbocycles. The number of aliphatic hydroxyl groups is 1. The summed E-state index contributed by atoms with van der Waals surface area (Å²) in [6.07, 6.45) is 0. The molecule has 0 radical (unpaired) electrons. The number of rotatable bonds is 4. The van der Waals surface area contributed by atoms with E-state index < -0.39 is 4.92 Å². The van der Waals surface area contributed by atoms with Crippen molar-refractivity contribution < 1.29 is 10.0 Å².